The second-order valence-corrected chi connectivity index (χ2v) is 6.55. The van der Waals surface area contributed by atoms with Crippen LogP contribution in [0.25, 0.3) is 0 Å². The van der Waals surface area contributed by atoms with Gasteiger partial charge in [-0.3, -0.25) is 0 Å². The number of anilines is 1. The Morgan fingerprint density at radius 3 is 2.25 bits per heavy atom. The minimum absolute atomic E-state index is 0.193. The number of hydrogen-bond donors (Lipinski definition) is 2. The molecule has 0 radical (unpaired) electrons. The quantitative estimate of drug-likeness (QED) is 0.832. The Balaban J connectivity index is 2.12. The lowest BCUT2D eigenvalue weighted by atomic mass is 9.92. The monoisotopic (exact) mass is 352 g/mol. The van der Waals surface area contributed by atoms with Crippen molar-refractivity contribution in [3.63, 3.8) is 0 Å². The highest BCUT2D eigenvalue weighted by atomic mass is 79.9. The number of nitrogens with two attached hydrogens (primary N) is 1. The van der Waals surface area contributed by atoms with Crippen molar-refractivity contribution in [3.8, 4) is 0 Å². The Kier molecular flexibility index (Phi) is 5.08. The summed E-state index contributed by atoms with van der Waals surface area (Å²) in [5.74, 6) is 0. The van der Waals surface area contributed by atoms with E-state index in [0.717, 1.165) is 21.6 Å². The van der Waals surface area contributed by atoms with Gasteiger partial charge in [0.2, 0.25) is 0 Å². The summed E-state index contributed by atoms with van der Waals surface area (Å²) >= 11 is 9.35. The summed E-state index contributed by atoms with van der Waals surface area (Å²) in [6.45, 7) is 2.68. The molecule has 0 aromatic heterocycles. The molecule has 2 aromatic rings. The maximum Gasteiger partial charge on any atom is 0.0507 e. The van der Waals surface area contributed by atoms with E-state index in [2.05, 4.69) is 28.2 Å². The zero-order valence-corrected chi connectivity index (χ0v) is 13.7. The third kappa shape index (κ3) is 4.23. The summed E-state index contributed by atoms with van der Waals surface area (Å²) in [4.78, 5) is 0. The standard InChI is InChI=1S/C16H18BrClN2/c1-16(11-19,10-12-2-6-14(18)7-3-12)20-15-8-4-13(17)5-9-15/h2-9,20H,10-11,19H2,1H3. The predicted octanol–water partition coefficient (Wildman–Crippen LogP) is 4.47. The molecule has 0 heterocycles. The molecule has 20 heavy (non-hydrogen) atoms. The molecule has 0 saturated carbocycles. The lowest BCUT2D eigenvalue weighted by Gasteiger charge is -2.31. The molecule has 0 amide bonds. The Labute approximate surface area is 133 Å². The van der Waals surface area contributed by atoms with E-state index in [9.17, 15) is 0 Å². The molecule has 0 aliphatic rings. The average Bonchev–Trinajstić information content (AvgIpc) is 2.44. The molecule has 106 valence electrons. The molecule has 1 unspecified atom stereocenters. The molecule has 0 bridgehead atoms. The maximum absolute atomic E-state index is 5.96. The van der Waals surface area contributed by atoms with Crippen LogP contribution in [0.5, 0.6) is 0 Å². The minimum atomic E-state index is -0.193. The Morgan fingerprint density at radius 2 is 1.70 bits per heavy atom. The van der Waals surface area contributed by atoms with Crippen LogP contribution in [0, 0.1) is 0 Å². The van der Waals surface area contributed by atoms with E-state index in [-0.39, 0.29) is 5.54 Å². The first kappa shape index (κ1) is 15.4. The Bertz CT molecular complexity index is 504. The number of nitrogens with one attached hydrogen (secondary N) is 1. The molecule has 4 heteroatoms. The summed E-state index contributed by atoms with van der Waals surface area (Å²) in [5, 5.41) is 4.27. The van der Waals surface area contributed by atoms with Crippen molar-refractivity contribution in [2.45, 2.75) is 18.9 Å². The SMILES string of the molecule is CC(CN)(Cc1ccc(Cl)cc1)Nc1ccc(Br)cc1. The fraction of sp³-hybridized carbons (Fsp3) is 0.250. The summed E-state index contributed by atoms with van der Waals surface area (Å²) in [6, 6.07) is 16.0. The first-order valence-corrected chi connectivity index (χ1v) is 7.66. The highest BCUT2D eigenvalue weighted by Gasteiger charge is 2.22. The van der Waals surface area contributed by atoms with Gasteiger partial charge < -0.3 is 11.1 Å². The lowest BCUT2D eigenvalue weighted by molar-refractivity contribution is 0.521. The van der Waals surface area contributed by atoms with Crippen molar-refractivity contribution < 1.29 is 0 Å². The van der Waals surface area contributed by atoms with Gasteiger partial charge in [0, 0.05) is 21.7 Å². The van der Waals surface area contributed by atoms with Gasteiger partial charge in [-0.25, -0.2) is 0 Å². The van der Waals surface area contributed by atoms with Crippen molar-refractivity contribution in [2.75, 3.05) is 11.9 Å². The molecule has 0 fully saturated rings. The van der Waals surface area contributed by atoms with E-state index in [0.29, 0.717) is 6.54 Å². The van der Waals surface area contributed by atoms with Gasteiger partial charge in [-0.1, -0.05) is 39.7 Å². The van der Waals surface area contributed by atoms with Crippen LogP contribution < -0.4 is 11.1 Å². The summed E-state index contributed by atoms with van der Waals surface area (Å²) in [5.41, 5.74) is 8.05. The third-order valence-electron chi connectivity index (χ3n) is 3.25. The lowest BCUT2D eigenvalue weighted by Crippen LogP contribution is -2.44. The zero-order valence-electron chi connectivity index (χ0n) is 11.4. The fourth-order valence-corrected chi connectivity index (χ4v) is 2.49. The third-order valence-corrected chi connectivity index (χ3v) is 4.03. The van der Waals surface area contributed by atoms with Crippen LogP contribution in [0.1, 0.15) is 12.5 Å². The van der Waals surface area contributed by atoms with Gasteiger partial charge in [0.05, 0.1) is 5.54 Å². The average molecular weight is 354 g/mol. The summed E-state index contributed by atoms with van der Waals surface area (Å²) in [6.07, 6.45) is 0.844. The molecule has 0 aliphatic heterocycles. The molecule has 2 aromatic carbocycles. The first-order chi connectivity index (χ1) is 9.50. The zero-order chi connectivity index (χ0) is 14.6. The molecule has 0 aliphatic carbocycles. The van der Waals surface area contributed by atoms with Crippen molar-refractivity contribution in [2.24, 2.45) is 5.73 Å². The van der Waals surface area contributed by atoms with E-state index in [4.69, 9.17) is 17.3 Å². The van der Waals surface area contributed by atoms with Crippen LogP contribution in [0.4, 0.5) is 5.69 Å². The van der Waals surface area contributed by atoms with Crippen molar-refractivity contribution in [3.05, 3.63) is 63.6 Å². The topological polar surface area (TPSA) is 38.0 Å². The molecule has 2 rings (SSSR count). The van der Waals surface area contributed by atoms with Gasteiger partial charge in [-0.05, 0) is 55.3 Å². The van der Waals surface area contributed by atoms with Crippen LogP contribution in [0.15, 0.2) is 53.0 Å². The fourth-order valence-electron chi connectivity index (χ4n) is 2.10. The van der Waals surface area contributed by atoms with Gasteiger partial charge in [0.15, 0.2) is 0 Å². The normalized spacial score (nSPS) is 13.8. The molecule has 2 nitrogen and oxygen atoms in total. The number of halogens is 2. The molecular weight excluding hydrogens is 336 g/mol. The number of hydrogen-bond acceptors (Lipinski definition) is 2. The molecule has 0 saturated heterocycles. The molecule has 1 atom stereocenters. The smallest absolute Gasteiger partial charge is 0.0507 e. The van der Waals surface area contributed by atoms with E-state index in [1.807, 2.05) is 48.5 Å². The van der Waals surface area contributed by atoms with E-state index in [1.165, 1.54) is 5.56 Å². The van der Waals surface area contributed by atoms with E-state index in [1.54, 1.807) is 0 Å². The second kappa shape index (κ2) is 6.61. The predicted molar refractivity (Wildman–Crippen MR) is 90.4 cm³/mol. The van der Waals surface area contributed by atoms with Crippen molar-refractivity contribution in [1.82, 2.24) is 0 Å². The van der Waals surface area contributed by atoms with Crippen LogP contribution in [-0.4, -0.2) is 12.1 Å². The number of rotatable bonds is 5. The largest absolute Gasteiger partial charge is 0.378 e. The second-order valence-electron chi connectivity index (χ2n) is 5.20. The van der Waals surface area contributed by atoms with Crippen molar-refractivity contribution >= 4 is 33.2 Å². The summed E-state index contributed by atoms with van der Waals surface area (Å²) in [7, 11) is 0. The molecule has 0 spiro atoms. The van der Waals surface area contributed by atoms with Gasteiger partial charge >= 0.3 is 0 Å². The van der Waals surface area contributed by atoms with Gasteiger partial charge in [-0.15, -0.1) is 0 Å². The van der Waals surface area contributed by atoms with Gasteiger partial charge in [0.25, 0.3) is 0 Å². The van der Waals surface area contributed by atoms with Crippen LogP contribution in [-0.2, 0) is 6.42 Å². The Hall–Kier alpha value is -1.03. The molecular formula is C16H18BrClN2. The highest BCUT2D eigenvalue weighted by molar-refractivity contribution is 9.10. The van der Waals surface area contributed by atoms with Gasteiger partial charge in [-0.2, -0.15) is 0 Å². The molecule has 3 N–H and O–H groups in total. The highest BCUT2D eigenvalue weighted by Crippen LogP contribution is 2.22. The van der Waals surface area contributed by atoms with Crippen LogP contribution in [0.3, 0.4) is 0 Å². The first-order valence-electron chi connectivity index (χ1n) is 6.49. The Morgan fingerprint density at radius 1 is 1.10 bits per heavy atom. The van der Waals surface area contributed by atoms with E-state index < -0.39 is 0 Å². The van der Waals surface area contributed by atoms with E-state index >= 15 is 0 Å². The maximum atomic E-state index is 5.96. The van der Waals surface area contributed by atoms with Gasteiger partial charge in [0.1, 0.15) is 0 Å². The van der Waals surface area contributed by atoms with Crippen molar-refractivity contribution in [1.29, 1.82) is 0 Å². The minimum Gasteiger partial charge on any atom is -0.378 e. The summed E-state index contributed by atoms with van der Waals surface area (Å²) < 4.78 is 1.07. The van der Waals surface area contributed by atoms with Crippen LogP contribution >= 0.6 is 27.5 Å². The number of benzene rings is 2. The van der Waals surface area contributed by atoms with Crippen LogP contribution in [0.2, 0.25) is 5.02 Å².